The summed E-state index contributed by atoms with van der Waals surface area (Å²) < 4.78 is 60.9. The Morgan fingerprint density at radius 2 is 1.15 bits per heavy atom. The molecule has 16 heteroatoms. The van der Waals surface area contributed by atoms with Crippen molar-refractivity contribution in [2.24, 2.45) is 0 Å². The van der Waals surface area contributed by atoms with Crippen LogP contribution in [-0.4, -0.2) is 65.1 Å². The van der Waals surface area contributed by atoms with Crippen LogP contribution in [0.2, 0.25) is 0 Å². The van der Waals surface area contributed by atoms with Gasteiger partial charge in [0.1, 0.15) is 5.69 Å². The van der Waals surface area contributed by atoms with Gasteiger partial charge in [-0.2, -0.15) is 4.31 Å². The summed E-state index contributed by atoms with van der Waals surface area (Å²) in [4.78, 5) is 34.5. The molecule has 0 N–H and O–H groups in total. The van der Waals surface area contributed by atoms with E-state index in [9.17, 15) is 26.4 Å². The van der Waals surface area contributed by atoms with Gasteiger partial charge in [-0.05, 0) is 116 Å². The number of pyridine rings is 1. The van der Waals surface area contributed by atoms with Gasteiger partial charge in [-0.3, -0.25) is 9.59 Å². The second kappa shape index (κ2) is 18.2. The molecule has 0 saturated carbocycles. The fraction of sp³-hybridized carbons (Fsp3) is 0.205. The third-order valence-corrected chi connectivity index (χ3v) is 14.9. The number of anilines is 3. The van der Waals surface area contributed by atoms with E-state index >= 15 is 0 Å². The van der Waals surface area contributed by atoms with Crippen molar-refractivity contribution in [2.45, 2.75) is 42.0 Å². The number of carbonyl (C=O) groups is 2. The first-order chi connectivity index (χ1) is 28.7. The average Bonchev–Trinajstić information content (AvgIpc) is 3.76. The number of hydrogen-bond acceptors (Lipinski definition) is 8. The molecule has 2 aromatic heterocycles. The third kappa shape index (κ3) is 9.27. The van der Waals surface area contributed by atoms with Gasteiger partial charge in [0.15, 0.2) is 5.76 Å². The van der Waals surface area contributed by atoms with Gasteiger partial charge < -0.3 is 14.2 Å². The molecule has 4 aromatic carbocycles. The second-order valence-corrected chi connectivity index (χ2v) is 20.0. The van der Waals surface area contributed by atoms with Gasteiger partial charge in [0.2, 0.25) is 15.9 Å². The maximum Gasteiger partial charge on any atom is 0.294 e. The average molecular weight is 976 g/mol. The van der Waals surface area contributed by atoms with Crippen LogP contribution in [0.15, 0.2) is 151 Å². The monoisotopic (exact) mass is 973 g/mol. The maximum atomic E-state index is 13.2. The smallest absolute Gasteiger partial charge is 0.294 e. The predicted octanol–water partition coefficient (Wildman–Crippen LogP) is 8.72. The molecule has 8 rings (SSSR count). The number of rotatable bonds is 9. The van der Waals surface area contributed by atoms with E-state index in [1.165, 1.54) is 42.7 Å². The Hall–Kier alpha value is -5.13. The number of aryl methyl sites for hydroxylation is 2. The largest absolute Gasteiger partial charge is 0.434 e. The van der Waals surface area contributed by atoms with Gasteiger partial charge in [0.05, 0.1) is 22.0 Å². The van der Waals surface area contributed by atoms with Crippen molar-refractivity contribution in [3.8, 4) is 0 Å². The lowest BCUT2D eigenvalue weighted by molar-refractivity contribution is 0.0957. The minimum absolute atomic E-state index is 0.0656. The number of halogens is 2. The molecule has 4 heterocycles. The topological polar surface area (TPSA) is 141 Å². The lowest BCUT2D eigenvalue weighted by atomic mass is 10.0. The van der Waals surface area contributed by atoms with Gasteiger partial charge in [0, 0.05) is 53.6 Å². The summed E-state index contributed by atoms with van der Waals surface area (Å²) in [5.74, 6) is -0.263. The third-order valence-electron chi connectivity index (χ3n) is 10.2. The van der Waals surface area contributed by atoms with Crippen LogP contribution in [0.1, 0.15) is 50.7 Å². The number of para-hydroxylation sites is 2. The van der Waals surface area contributed by atoms with Crippen molar-refractivity contribution in [1.82, 2.24) is 9.29 Å². The zero-order valence-electron chi connectivity index (χ0n) is 32.7. The molecule has 0 saturated heterocycles. The van der Waals surface area contributed by atoms with Gasteiger partial charge in [-0.15, -0.1) is 0 Å². The molecule has 0 radical (unpaired) electrons. The molecule has 310 valence electrons. The number of furan rings is 1. The number of sulfonamides is 2. The number of nitrogens with zero attached hydrogens (tertiary/aromatic N) is 5. The quantitative estimate of drug-likeness (QED) is 0.140. The molecule has 2 aliphatic rings. The molecule has 60 heavy (non-hydrogen) atoms. The number of aromatic nitrogens is 1. The van der Waals surface area contributed by atoms with Crippen molar-refractivity contribution in [2.75, 3.05) is 41.3 Å². The number of carbonyl (C=O) groups excluding carboxylic acids is 2. The van der Waals surface area contributed by atoms with E-state index in [4.69, 9.17) is 4.42 Å². The molecule has 2 amide bonds. The summed E-state index contributed by atoms with van der Waals surface area (Å²) in [6.45, 7) is 1.30. The number of fused-ring (bicyclic) bond motifs is 2. The van der Waals surface area contributed by atoms with E-state index in [1.54, 1.807) is 64.4 Å². The molecule has 0 unspecified atom stereocenters. The Labute approximate surface area is 366 Å². The highest BCUT2D eigenvalue weighted by molar-refractivity contribution is 9.10. The molecule has 6 aromatic rings. The molecule has 0 aliphatic carbocycles. The number of benzene rings is 4. The van der Waals surface area contributed by atoms with E-state index in [0.29, 0.717) is 24.5 Å². The van der Waals surface area contributed by atoms with Gasteiger partial charge in [-0.1, -0.05) is 74.3 Å². The predicted molar refractivity (Wildman–Crippen MR) is 238 cm³/mol. The van der Waals surface area contributed by atoms with Crippen LogP contribution in [0.5, 0.6) is 0 Å². The maximum absolute atomic E-state index is 13.2. The highest BCUT2D eigenvalue weighted by Crippen LogP contribution is 2.31. The van der Waals surface area contributed by atoms with Crippen LogP contribution >= 0.6 is 31.9 Å². The Bertz CT molecular complexity index is 2750. The van der Waals surface area contributed by atoms with Crippen LogP contribution in [0.4, 0.5) is 17.3 Å². The molecular formula is C44H41Br2N5O7S2. The van der Waals surface area contributed by atoms with Gasteiger partial charge in [-0.25, -0.2) is 26.1 Å². The summed E-state index contributed by atoms with van der Waals surface area (Å²) in [6.07, 6.45) is 3.65. The first kappa shape index (κ1) is 43.0. The number of hydrogen-bond donors (Lipinski definition) is 0. The van der Waals surface area contributed by atoms with E-state index in [-0.39, 0.29) is 39.8 Å². The van der Waals surface area contributed by atoms with Crippen LogP contribution in [0.3, 0.4) is 0 Å². The Balaban J connectivity index is 0.000000182. The molecule has 0 fully saturated rings. The van der Waals surface area contributed by atoms with E-state index < -0.39 is 20.0 Å². The molecule has 0 spiro atoms. The standard InChI is InChI=1S/C23H22BrN3O3S.C21H19BrN2O4S/c1-26(31(29,30)20-13-11-18(24)12-14-20)16-19-8-4-9-21(25-19)23(28)27-15-5-7-17-6-2-3-10-22(17)27;1-23(29(26,27)17-10-8-16(22)9-11-17)20-13-12-19(28-20)21(25)24-14-4-6-15-5-2-3-7-18(15)24/h2-4,6,8-14H,5,7,15-16H2,1H3;2-3,5,7-13H,4,6,14H2,1H3. The molecule has 0 bridgehead atoms. The lowest BCUT2D eigenvalue weighted by Crippen LogP contribution is -2.36. The zero-order valence-corrected chi connectivity index (χ0v) is 37.5. The van der Waals surface area contributed by atoms with Crippen LogP contribution in [0.25, 0.3) is 0 Å². The highest BCUT2D eigenvalue weighted by Gasteiger charge is 2.29. The van der Waals surface area contributed by atoms with Gasteiger partial charge >= 0.3 is 0 Å². The molecule has 12 nitrogen and oxygen atoms in total. The Morgan fingerprint density at radius 3 is 1.72 bits per heavy atom. The molecular weight excluding hydrogens is 934 g/mol. The lowest BCUT2D eigenvalue weighted by Gasteiger charge is -2.29. The minimum atomic E-state index is -3.80. The summed E-state index contributed by atoms with van der Waals surface area (Å²) in [5.41, 5.74) is 4.88. The van der Waals surface area contributed by atoms with E-state index in [0.717, 1.165) is 61.4 Å². The zero-order chi connectivity index (χ0) is 42.6. The molecule has 2 aliphatic heterocycles. The van der Waals surface area contributed by atoms with Crippen molar-refractivity contribution < 1.29 is 30.8 Å². The Kier molecular flexibility index (Phi) is 13.1. The van der Waals surface area contributed by atoms with E-state index in [2.05, 4.69) is 36.8 Å². The SMILES string of the molecule is CN(Cc1cccc(C(=O)N2CCCc3ccccc32)n1)S(=O)(=O)c1ccc(Br)cc1.CN(c1ccc(C(=O)N2CCCc3ccccc32)o1)S(=O)(=O)c1ccc(Br)cc1. The van der Waals surface area contributed by atoms with Crippen molar-refractivity contribution in [3.63, 3.8) is 0 Å². The number of amides is 2. The van der Waals surface area contributed by atoms with Crippen molar-refractivity contribution in [3.05, 3.63) is 165 Å². The highest BCUT2D eigenvalue weighted by atomic mass is 79.9. The van der Waals surface area contributed by atoms with Crippen LogP contribution in [-0.2, 0) is 39.4 Å². The first-order valence-corrected chi connectivity index (χ1v) is 23.5. The fourth-order valence-electron chi connectivity index (χ4n) is 7.04. The summed E-state index contributed by atoms with van der Waals surface area (Å²) in [6, 6.07) is 36.7. The summed E-state index contributed by atoms with van der Waals surface area (Å²) in [5, 5.41) is 0. The van der Waals surface area contributed by atoms with Crippen molar-refractivity contribution >= 4 is 81.0 Å². The van der Waals surface area contributed by atoms with Crippen LogP contribution < -0.4 is 14.1 Å². The normalized spacial score (nSPS) is 13.8. The second-order valence-electron chi connectivity index (χ2n) is 14.2. The van der Waals surface area contributed by atoms with E-state index in [1.807, 2.05) is 48.5 Å². The van der Waals surface area contributed by atoms with Crippen molar-refractivity contribution in [1.29, 1.82) is 0 Å². The molecule has 0 atom stereocenters. The van der Waals surface area contributed by atoms with Gasteiger partial charge in [0.25, 0.3) is 21.8 Å². The summed E-state index contributed by atoms with van der Waals surface area (Å²) >= 11 is 6.61. The first-order valence-electron chi connectivity index (χ1n) is 19.1. The Morgan fingerprint density at radius 1 is 0.633 bits per heavy atom. The minimum Gasteiger partial charge on any atom is -0.434 e. The van der Waals surface area contributed by atoms with Crippen LogP contribution in [0, 0.1) is 0 Å². The fourth-order valence-corrected chi connectivity index (χ4v) is 9.84. The summed E-state index contributed by atoms with van der Waals surface area (Å²) in [7, 11) is -4.56.